The third kappa shape index (κ3) is 1.41. The maximum absolute atomic E-state index is 4.18. The molecule has 2 aromatic heterocycles. The van der Waals surface area contributed by atoms with Gasteiger partial charge in [0.15, 0.2) is 5.65 Å². The Morgan fingerprint density at radius 2 is 2.00 bits per heavy atom. The second-order valence-corrected chi connectivity index (χ2v) is 4.24. The van der Waals surface area contributed by atoms with E-state index in [0.29, 0.717) is 0 Å². The standard InChI is InChI=1S/C10H13N3/c1-10(2,3)8-7-13-6-4-5-9(13)12-11-8/h4-7H,1-3H3. The SMILES string of the molecule is CC(C)(C)c1cn2cccc2nn1. The minimum Gasteiger partial charge on any atom is -0.305 e. The molecule has 0 amide bonds. The lowest BCUT2D eigenvalue weighted by Crippen LogP contribution is -2.15. The van der Waals surface area contributed by atoms with E-state index in [2.05, 4.69) is 31.0 Å². The second-order valence-electron chi connectivity index (χ2n) is 4.24. The molecule has 0 radical (unpaired) electrons. The van der Waals surface area contributed by atoms with E-state index in [1.807, 2.05) is 28.9 Å². The van der Waals surface area contributed by atoms with E-state index in [9.17, 15) is 0 Å². The predicted octanol–water partition coefficient (Wildman–Crippen LogP) is 2.03. The third-order valence-electron chi connectivity index (χ3n) is 2.05. The van der Waals surface area contributed by atoms with Gasteiger partial charge in [-0.05, 0) is 12.1 Å². The van der Waals surface area contributed by atoms with Crippen LogP contribution in [-0.4, -0.2) is 14.6 Å². The van der Waals surface area contributed by atoms with E-state index in [1.54, 1.807) is 0 Å². The summed E-state index contributed by atoms with van der Waals surface area (Å²) < 4.78 is 1.99. The summed E-state index contributed by atoms with van der Waals surface area (Å²) in [6.07, 6.45) is 4.02. The smallest absolute Gasteiger partial charge is 0.159 e. The zero-order valence-corrected chi connectivity index (χ0v) is 8.15. The van der Waals surface area contributed by atoms with Crippen LogP contribution in [0.1, 0.15) is 26.5 Å². The van der Waals surface area contributed by atoms with Crippen molar-refractivity contribution in [3.63, 3.8) is 0 Å². The molecule has 2 rings (SSSR count). The van der Waals surface area contributed by atoms with Crippen molar-refractivity contribution in [2.75, 3.05) is 0 Å². The van der Waals surface area contributed by atoms with Crippen molar-refractivity contribution in [3.8, 4) is 0 Å². The summed E-state index contributed by atoms with van der Waals surface area (Å²) in [7, 11) is 0. The molecule has 0 aromatic carbocycles. The minimum atomic E-state index is 0.0610. The van der Waals surface area contributed by atoms with Crippen molar-refractivity contribution in [2.24, 2.45) is 0 Å². The average molecular weight is 175 g/mol. The summed E-state index contributed by atoms with van der Waals surface area (Å²) in [4.78, 5) is 0. The zero-order valence-electron chi connectivity index (χ0n) is 8.15. The molecule has 0 aliphatic carbocycles. The first-order valence-electron chi connectivity index (χ1n) is 4.38. The Morgan fingerprint density at radius 1 is 1.23 bits per heavy atom. The van der Waals surface area contributed by atoms with Crippen LogP contribution < -0.4 is 0 Å². The van der Waals surface area contributed by atoms with Crippen LogP contribution in [0, 0.1) is 0 Å². The van der Waals surface area contributed by atoms with Crippen molar-refractivity contribution >= 4 is 5.65 Å². The molecule has 68 valence electrons. The van der Waals surface area contributed by atoms with Crippen molar-refractivity contribution in [1.82, 2.24) is 14.6 Å². The van der Waals surface area contributed by atoms with Crippen LogP contribution in [0.15, 0.2) is 24.5 Å². The fraction of sp³-hybridized carbons (Fsp3) is 0.400. The summed E-state index contributed by atoms with van der Waals surface area (Å²) >= 11 is 0. The van der Waals surface area contributed by atoms with Crippen LogP contribution in [0.5, 0.6) is 0 Å². The monoisotopic (exact) mass is 175 g/mol. The van der Waals surface area contributed by atoms with Gasteiger partial charge in [-0.1, -0.05) is 20.8 Å². The van der Waals surface area contributed by atoms with E-state index < -0.39 is 0 Å². The Morgan fingerprint density at radius 3 is 2.69 bits per heavy atom. The summed E-state index contributed by atoms with van der Waals surface area (Å²) in [5.41, 5.74) is 1.97. The fourth-order valence-corrected chi connectivity index (χ4v) is 1.18. The summed E-state index contributed by atoms with van der Waals surface area (Å²) in [6.45, 7) is 6.39. The van der Waals surface area contributed by atoms with Crippen molar-refractivity contribution in [1.29, 1.82) is 0 Å². The van der Waals surface area contributed by atoms with E-state index in [0.717, 1.165) is 11.3 Å². The average Bonchev–Trinajstić information content (AvgIpc) is 2.47. The molecule has 0 atom stereocenters. The first kappa shape index (κ1) is 8.23. The number of hydrogen-bond donors (Lipinski definition) is 0. The van der Waals surface area contributed by atoms with Crippen molar-refractivity contribution in [3.05, 3.63) is 30.2 Å². The van der Waals surface area contributed by atoms with Crippen LogP contribution in [0.2, 0.25) is 0 Å². The largest absolute Gasteiger partial charge is 0.305 e. The molecule has 0 unspecified atom stereocenters. The zero-order chi connectivity index (χ0) is 9.47. The van der Waals surface area contributed by atoms with Crippen LogP contribution in [0.25, 0.3) is 5.65 Å². The van der Waals surface area contributed by atoms with E-state index in [-0.39, 0.29) is 5.41 Å². The van der Waals surface area contributed by atoms with Gasteiger partial charge in [0.2, 0.25) is 0 Å². The third-order valence-corrected chi connectivity index (χ3v) is 2.05. The molecule has 0 bridgehead atoms. The minimum absolute atomic E-state index is 0.0610. The molecule has 0 aliphatic rings. The Bertz CT molecular complexity index is 423. The van der Waals surface area contributed by atoms with E-state index in [4.69, 9.17) is 0 Å². The van der Waals surface area contributed by atoms with Gasteiger partial charge in [-0.25, -0.2) is 0 Å². The summed E-state index contributed by atoms with van der Waals surface area (Å²) in [6, 6.07) is 3.91. The number of rotatable bonds is 0. The molecular formula is C10H13N3. The Hall–Kier alpha value is -1.38. The Labute approximate surface area is 77.4 Å². The molecule has 3 heteroatoms. The first-order chi connectivity index (χ1) is 6.07. The lowest BCUT2D eigenvalue weighted by Gasteiger charge is -2.16. The van der Waals surface area contributed by atoms with Gasteiger partial charge in [0.25, 0.3) is 0 Å². The van der Waals surface area contributed by atoms with Crippen LogP contribution in [0.4, 0.5) is 0 Å². The maximum Gasteiger partial charge on any atom is 0.159 e. The molecule has 0 saturated heterocycles. The lowest BCUT2D eigenvalue weighted by atomic mass is 9.93. The molecule has 2 aromatic rings. The predicted molar refractivity (Wildman–Crippen MR) is 51.7 cm³/mol. The van der Waals surface area contributed by atoms with Gasteiger partial charge < -0.3 is 4.40 Å². The van der Waals surface area contributed by atoms with Crippen LogP contribution >= 0.6 is 0 Å². The van der Waals surface area contributed by atoms with Crippen molar-refractivity contribution < 1.29 is 0 Å². The van der Waals surface area contributed by atoms with E-state index in [1.165, 1.54) is 0 Å². The van der Waals surface area contributed by atoms with Gasteiger partial charge in [-0.15, -0.1) is 5.10 Å². The topological polar surface area (TPSA) is 30.2 Å². The number of nitrogens with zero attached hydrogens (tertiary/aromatic N) is 3. The lowest BCUT2D eigenvalue weighted by molar-refractivity contribution is 0.554. The van der Waals surface area contributed by atoms with Crippen molar-refractivity contribution in [2.45, 2.75) is 26.2 Å². The van der Waals surface area contributed by atoms with Gasteiger partial charge in [0, 0.05) is 17.8 Å². The molecule has 0 fully saturated rings. The first-order valence-corrected chi connectivity index (χ1v) is 4.38. The number of aromatic nitrogens is 3. The van der Waals surface area contributed by atoms with Gasteiger partial charge >= 0.3 is 0 Å². The molecule has 2 heterocycles. The van der Waals surface area contributed by atoms with Gasteiger partial charge in [0.05, 0.1) is 5.69 Å². The fourth-order valence-electron chi connectivity index (χ4n) is 1.18. The maximum atomic E-state index is 4.18. The van der Waals surface area contributed by atoms with Gasteiger partial charge in [-0.2, -0.15) is 5.10 Å². The highest BCUT2D eigenvalue weighted by atomic mass is 15.2. The molecule has 0 saturated carbocycles. The Balaban J connectivity index is 2.61. The molecule has 0 N–H and O–H groups in total. The second kappa shape index (κ2) is 2.55. The van der Waals surface area contributed by atoms with Gasteiger partial charge in [-0.3, -0.25) is 0 Å². The van der Waals surface area contributed by atoms with Gasteiger partial charge in [0.1, 0.15) is 0 Å². The highest BCUT2D eigenvalue weighted by Crippen LogP contribution is 2.18. The Kier molecular flexibility index (Phi) is 1.62. The highest BCUT2D eigenvalue weighted by Gasteiger charge is 2.16. The molecule has 0 aliphatic heterocycles. The summed E-state index contributed by atoms with van der Waals surface area (Å²) in [5, 5.41) is 8.30. The highest BCUT2D eigenvalue weighted by molar-refractivity contribution is 5.37. The van der Waals surface area contributed by atoms with Crippen LogP contribution in [-0.2, 0) is 5.41 Å². The summed E-state index contributed by atoms with van der Waals surface area (Å²) in [5.74, 6) is 0. The molecular weight excluding hydrogens is 162 g/mol. The molecule has 13 heavy (non-hydrogen) atoms. The van der Waals surface area contributed by atoms with Crippen LogP contribution in [0.3, 0.4) is 0 Å². The molecule has 3 nitrogen and oxygen atoms in total. The normalized spacial score (nSPS) is 12.2. The number of hydrogen-bond acceptors (Lipinski definition) is 2. The quantitative estimate of drug-likeness (QED) is 0.613. The molecule has 0 spiro atoms. The van der Waals surface area contributed by atoms with E-state index >= 15 is 0 Å². The number of fused-ring (bicyclic) bond motifs is 1.